The minimum atomic E-state index is -0.640. The second-order valence-corrected chi connectivity index (χ2v) is 2.44. The van der Waals surface area contributed by atoms with Crippen molar-refractivity contribution in [1.29, 1.82) is 0 Å². The van der Waals surface area contributed by atoms with E-state index >= 15 is 0 Å². The predicted molar refractivity (Wildman–Crippen MR) is 45.0 cm³/mol. The Labute approximate surface area is 75.9 Å². The Morgan fingerprint density at radius 3 is 1.62 bits per heavy atom. The zero-order valence-corrected chi connectivity index (χ0v) is 7.14. The molecule has 0 saturated carbocycles. The Hall–Kier alpha value is -0.820. The number of aldehydes is 2. The molecule has 0 aliphatic carbocycles. The van der Waals surface area contributed by atoms with E-state index in [1.54, 1.807) is 0 Å². The maximum atomic E-state index is 10.2. The van der Waals surface area contributed by atoms with Crippen LogP contribution in [0.5, 0.6) is 0 Å². The Morgan fingerprint density at radius 1 is 1.00 bits per heavy atom. The monoisotopic (exact) mass is 190 g/mol. The van der Waals surface area contributed by atoms with Gasteiger partial charge in [-0.25, -0.2) is 0 Å². The van der Waals surface area contributed by atoms with Gasteiger partial charge in [-0.05, 0) is 0 Å². The van der Waals surface area contributed by atoms with E-state index in [1.807, 2.05) is 0 Å². The van der Waals surface area contributed by atoms with Gasteiger partial charge in [0.1, 0.15) is 12.6 Å². The summed E-state index contributed by atoms with van der Waals surface area (Å²) < 4.78 is 0. The highest BCUT2D eigenvalue weighted by atomic mass is 16.3. The average molecular weight is 190 g/mol. The third kappa shape index (κ3) is 5.42. The number of aliphatic hydroxyl groups is 2. The molecule has 0 amide bonds. The molecule has 13 heavy (non-hydrogen) atoms. The van der Waals surface area contributed by atoms with Crippen molar-refractivity contribution in [3.63, 3.8) is 0 Å². The van der Waals surface area contributed by atoms with Gasteiger partial charge in [0, 0.05) is 6.67 Å². The number of nitrogens with one attached hydrogen (secondary N) is 2. The second-order valence-electron chi connectivity index (χ2n) is 2.44. The molecule has 0 bridgehead atoms. The van der Waals surface area contributed by atoms with Crippen LogP contribution in [-0.4, -0.2) is 54.8 Å². The lowest BCUT2D eigenvalue weighted by atomic mass is 10.3. The van der Waals surface area contributed by atoms with Crippen LogP contribution in [0.25, 0.3) is 0 Å². The van der Waals surface area contributed by atoms with Crippen molar-refractivity contribution in [3.8, 4) is 0 Å². The molecule has 6 heteroatoms. The minimum Gasteiger partial charge on any atom is -0.394 e. The summed E-state index contributed by atoms with van der Waals surface area (Å²) in [5, 5.41) is 22.4. The van der Waals surface area contributed by atoms with Gasteiger partial charge >= 0.3 is 0 Å². The van der Waals surface area contributed by atoms with Crippen LogP contribution in [0.15, 0.2) is 0 Å². The Morgan fingerprint density at radius 2 is 1.38 bits per heavy atom. The third-order valence-corrected chi connectivity index (χ3v) is 1.45. The first-order chi connectivity index (χ1) is 6.28. The van der Waals surface area contributed by atoms with E-state index in [-0.39, 0.29) is 19.9 Å². The molecule has 0 rings (SSSR count). The largest absolute Gasteiger partial charge is 0.394 e. The fourth-order valence-electron chi connectivity index (χ4n) is 0.633. The lowest BCUT2D eigenvalue weighted by molar-refractivity contribution is -0.110. The van der Waals surface area contributed by atoms with Gasteiger partial charge in [-0.15, -0.1) is 0 Å². The van der Waals surface area contributed by atoms with E-state index < -0.39 is 12.1 Å². The summed E-state index contributed by atoms with van der Waals surface area (Å²) >= 11 is 0. The number of hydrogen-bond donors (Lipinski definition) is 4. The maximum Gasteiger partial charge on any atom is 0.139 e. The van der Waals surface area contributed by atoms with Crippen LogP contribution in [0, 0.1) is 0 Å². The molecule has 0 aromatic heterocycles. The molecule has 0 heterocycles. The number of hydrogen-bond acceptors (Lipinski definition) is 6. The quantitative estimate of drug-likeness (QED) is 0.244. The number of rotatable bonds is 8. The van der Waals surface area contributed by atoms with Gasteiger partial charge in [-0.2, -0.15) is 0 Å². The van der Waals surface area contributed by atoms with Crippen LogP contribution in [0.2, 0.25) is 0 Å². The lowest BCUT2D eigenvalue weighted by Gasteiger charge is -2.13. The van der Waals surface area contributed by atoms with Gasteiger partial charge in [0.2, 0.25) is 0 Å². The molecule has 0 aromatic rings. The van der Waals surface area contributed by atoms with Crippen LogP contribution >= 0.6 is 0 Å². The molecule has 76 valence electrons. The van der Waals surface area contributed by atoms with Crippen LogP contribution in [0.3, 0.4) is 0 Å². The molecule has 0 aliphatic heterocycles. The van der Waals surface area contributed by atoms with Crippen molar-refractivity contribution in [2.75, 3.05) is 19.9 Å². The molecule has 0 aromatic carbocycles. The average Bonchev–Trinajstić information content (AvgIpc) is 2.19. The Balaban J connectivity index is 3.52. The van der Waals surface area contributed by atoms with Crippen LogP contribution < -0.4 is 10.6 Å². The molecule has 0 saturated heterocycles. The molecule has 0 spiro atoms. The van der Waals surface area contributed by atoms with Gasteiger partial charge in [-0.1, -0.05) is 0 Å². The molecule has 2 atom stereocenters. The molecular weight excluding hydrogens is 176 g/mol. The first-order valence-electron chi connectivity index (χ1n) is 3.87. The van der Waals surface area contributed by atoms with Crippen molar-refractivity contribution in [2.24, 2.45) is 0 Å². The third-order valence-electron chi connectivity index (χ3n) is 1.45. The minimum absolute atomic E-state index is 0.175. The van der Waals surface area contributed by atoms with Crippen LogP contribution in [0.1, 0.15) is 0 Å². The van der Waals surface area contributed by atoms with Gasteiger partial charge in [0.05, 0.1) is 25.3 Å². The fraction of sp³-hybridized carbons (Fsp3) is 0.714. The zero-order valence-electron chi connectivity index (χ0n) is 7.14. The molecule has 4 N–H and O–H groups in total. The Bertz CT molecular complexity index is 137. The Kier molecular flexibility index (Phi) is 7.32. The number of aliphatic hydroxyl groups excluding tert-OH is 2. The van der Waals surface area contributed by atoms with E-state index in [0.29, 0.717) is 12.6 Å². The predicted octanol–water partition coefficient (Wildman–Crippen LogP) is -2.76. The normalized spacial score (nSPS) is 14.9. The van der Waals surface area contributed by atoms with E-state index in [2.05, 4.69) is 10.6 Å². The molecule has 0 unspecified atom stereocenters. The summed E-state index contributed by atoms with van der Waals surface area (Å²) in [6.07, 6.45) is 1.13. The SMILES string of the molecule is O=C[C@H](CO)NCN[C@H](C=O)CO. The van der Waals surface area contributed by atoms with Gasteiger partial charge < -0.3 is 19.8 Å². The maximum absolute atomic E-state index is 10.2. The summed E-state index contributed by atoms with van der Waals surface area (Å²) in [6.45, 7) is -0.417. The molecule has 6 nitrogen and oxygen atoms in total. The van der Waals surface area contributed by atoms with Gasteiger partial charge in [0.25, 0.3) is 0 Å². The molecular formula is C7H14N2O4. The summed E-state index contributed by atoms with van der Waals surface area (Å²) in [5.41, 5.74) is 0. The van der Waals surface area contributed by atoms with E-state index in [1.165, 1.54) is 0 Å². The van der Waals surface area contributed by atoms with E-state index in [0.717, 1.165) is 0 Å². The van der Waals surface area contributed by atoms with Crippen LogP contribution in [0.4, 0.5) is 0 Å². The van der Waals surface area contributed by atoms with Crippen molar-refractivity contribution in [3.05, 3.63) is 0 Å². The van der Waals surface area contributed by atoms with E-state index in [4.69, 9.17) is 10.2 Å². The highest BCUT2D eigenvalue weighted by Gasteiger charge is 2.06. The lowest BCUT2D eigenvalue weighted by Crippen LogP contribution is -2.45. The number of carbonyl (C=O) groups excluding carboxylic acids is 2. The highest BCUT2D eigenvalue weighted by molar-refractivity contribution is 5.58. The highest BCUT2D eigenvalue weighted by Crippen LogP contribution is 1.75. The zero-order chi connectivity index (χ0) is 10.1. The van der Waals surface area contributed by atoms with Crippen molar-refractivity contribution < 1.29 is 19.8 Å². The second kappa shape index (κ2) is 7.81. The van der Waals surface area contributed by atoms with Crippen molar-refractivity contribution in [2.45, 2.75) is 12.1 Å². The van der Waals surface area contributed by atoms with Crippen LogP contribution in [-0.2, 0) is 9.59 Å². The summed E-state index contributed by atoms with van der Waals surface area (Å²) in [4.78, 5) is 20.4. The first-order valence-corrected chi connectivity index (χ1v) is 3.87. The smallest absolute Gasteiger partial charge is 0.139 e. The van der Waals surface area contributed by atoms with E-state index in [9.17, 15) is 9.59 Å². The molecule has 0 fully saturated rings. The molecule has 0 radical (unpaired) electrons. The van der Waals surface area contributed by atoms with Crippen molar-refractivity contribution >= 4 is 12.6 Å². The van der Waals surface area contributed by atoms with Crippen molar-refractivity contribution in [1.82, 2.24) is 10.6 Å². The summed E-state index contributed by atoms with van der Waals surface area (Å²) in [6, 6.07) is -1.28. The van der Waals surface area contributed by atoms with Gasteiger partial charge in [-0.3, -0.25) is 10.6 Å². The van der Waals surface area contributed by atoms with Gasteiger partial charge in [0.15, 0.2) is 0 Å². The fourth-order valence-corrected chi connectivity index (χ4v) is 0.633. The standard InChI is InChI=1S/C7H14N2O4/c10-1-6(2-11)8-5-9-7(3-12)4-13/h1,3,6-9,11,13H,2,4-5H2/t6-,7-/m1/s1. The summed E-state index contributed by atoms with van der Waals surface area (Å²) in [7, 11) is 0. The summed E-state index contributed by atoms with van der Waals surface area (Å²) in [5.74, 6) is 0. The molecule has 0 aliphatic rings. The topological polar surface area (TPSA) is 98.7 Å². The first kappa shape index (κ1) is 12.2. The number of carbonyl (C=O) groups is 2.